The van der Waals surface area contributed by atoms with Crippen molar-refractivity contribution >= 4 is 0 Å². The summed E-state index contributed by atoms with van der Waals surface area (Å²) in [6.45, 7) is 0.725. The zero-order valence-electron chi connectivity index (χ0n) is 9.28. The number of rotatable bonds is 4. The van der Waals surface area contributed by atoms with Gasteiger partial charge >= 0.3 is 0 Å². The van der Waals surface area contributed by atoms with Gasteiger partial charge in [-0.1, -0.05) is 0 Å². The average molecular weight is 257 g/mol. The second kappa shape index (κ2) is 5.13. The van der Waals surface area contributed by atoms with E-state index in [9.17, 15) is 13.2 Å². The summed E-state index contributed by atoms with van der Waals surface area (Å²) in [6, 6.07) is 1.17. The number of halogens is 3. The van der Waals surface area contributed by atoms with Crippen molar-refractivity contribution < 1.29 is 13.2 Å². The van der Waals surface area contributed by atoms with Gasteiger partial charge in [-0.25, -0.2) is 17.9 Å². The van der Waals surface area contributed by atoms with Gasteiger partial charge in [-0.15, -0.1) is 5.10 Å². The van der Waals surface area contributed by atoms with Crippen molar-refractivity contribution in [2.75, 3.05) is 6.54 Å². The average Bonchev–Trinajstić information content (AvgIpc) is 2.73. The van der Waals surface area contributed by atoms with Gasteiger partial charge < -0.3 is 5.73 Å². The first-order chi connectivity index (χ1) is 8.63. The van der Waals surface area contributed by atoms with Crippen LogP contribution in [0.1, 0.15) is 6.42 Å². The predicted octanol–water partition coefficient (Wildman–Crippen LogP) is 1.11. The first-order valence-electron chi connectivity index (χ1n) is 5.24. The number of benzene rings is 1. The van der Waals surface area contributed by atoms with Crippen LogP contribution in [0.15, 0.2) is 12.1 Å². The number of hydrogen-bond acceptors (Lipinski definition) is 4. The van der Waals surface area contributed by atoms with Gasteiger partial charge in [-0.2, -0.15) is 0 Å². The molecule has 0 atom stereocenters. The summed E-state index contributed by atoms with van der Waals surface area (Å²) in [5.41, 5.74) is 4.89. The fourth-order valence-electron chi connectivity index (χ4n) is 1.53. The highest BCUT2D eigenvalue weighted by Crippen LogP contribution is 2.24. The SMILES string of the molecule is NCCCn1nnnc1-c1c(F)cc(F)cc1F. The van der Waals surface area contributed by atoms with Gasteiger partial charge in [0.05, 0.1) is 5.56 Å². The Balaban J connectivity index is 2.46. The Morgan fingerprint density at radius 3 is 2.44 bits per heavy atom. The molecule has 1 aromatic heterocycles. The maximum Gasteiger partial charge on any atom is 0.187 e. The summed E-state index contributed by atoms with van der Waals surface area (Å²) in [5.74, 6) is -3.17. The molecule has 8 heteroatoms. The molecule has 0 aliphatic rings. The number of nitrogens with two attached hydrogens (primary N) is 1. The van der Waals surface area contributed by atoms with Crippen molar-refractivity contribution in [2.24, 2.45) is 5.73 Å². The van der Waals surface area contributed by atoms with Gasteiger partial charge in [0.1, 0.15) is 17.5 Å². The second-order valence-electron chi connectivity index (χ2n) is 3.61. The van der Waals surface area contributed by atoms with E-state index in [4.69, 9.17) is 5.73 Å². The summed E-state index contributed by atoms with van der Waals surface area (Å²) >= 11 is 0. The van der Waals surface area contributed by atoms with Gasteiger partial charge in [0, 0.05) is 18.7 Å². The summed E-state index contributed by atoms with van der Waals surface area (Å²) in [5, 5.41) is 10.5. The fraction of sp³-hybridized carbons (Fsp3) is 0.300. The molecule has 1 aromatic carbocycles. The molecule has 0 spiro atoms. The Labute approximate surface area is 100 Å². The molecule has 2 rings (SSSR count). The van der Waals surface area contributed by atoms with Crippen LogP contribution < -0.4 is 5.73 Å². The molecule has 0 amide bonds. The number of hydrogen-bond donors (Lipinski definition) is 1. The van der Waals surface area contributed by atoms with Crippen LogP contribution in [-0.2, 0) is 6.54 Å². The van der Waals surface area contributed by atoms with Crippen LogP contribution in [0, 0.1) is 17.5 Å². The van der Waals surface area contributed by atoms with Crippen LogP contribution in [0.2, 0.25) is 0 Å². The third-order valence-corrected chi connectivity index (χ3v) is 2.34. The van der Waals surface area contributed by atoms with Crippen molar-refractivity contribution in [3.8, 4) is 11.4 Å². The van der Waals surface area contributed by atoms with Gasteiger partial charge in [0.25, 0.3) is 0 Å². The van der Waals surface area contributed by atoms with E-state index < -0.39 is 23.0 Å². The van der Waals surface area contributed by atoms with Crippen molar-refractivity contribution in [3.63, 3.8) is 0 Å². The van der Waals surface area contributed by atoms with E-state index in [1.165, 1.54) is 4.68 Å². The molecule has 0 radical (unpaired) electrons. The number of aromatic nitrogens is 4. The molecule has 0 aliphatic carbocycles. The van der Waals surface area contributed by atoms with Crippen LogP contribution in [0.25, 0.3) is 11.4 Å². The van der Waals surface area contributed by atoms with Crippen molar-refractivity contribution in [1.82, 2.24) is 20.2 Å². The van der Waals surface area contributed by atoms with Crippen LogP contribution in [0.3, 0.4) is 0 Å². The van der Waals surface area contributed by atoms with Gasteiger partial charge in [-0.05, 0) is 23.4 Å². The maximum atomic E-state index is 13.6. The minimum atomic E-state index is -1.05. The topological polar surface area (TPSA) is 69.6 Å². The van der Waals surface area contributed by atoms with E-state index in [-0.39, 0.29) is 5.82 Å². The highest BCUT2D eigenvalue weighted by atomic mass is 19.1. The quantitative estimate of drug-likeness (QED) is 0.890. The third-order valence-electron chi connectivity index (χ3n) is 2.34. The van der Waals surface area contributed by atoms with Gasteiger partial charge in [0.15, 0.2) is 5.82 Å². The Morgan fingerprint density at radius 2 is 1.83 bits per heavy atom. The molecule has 0 aliphatic heterocycles. The molecule has 2 N–H and O–H groups in total. The van der Waals surface area contributed by atoms with Crippen molar-refractivity contribution in [1.29, 1.82) is 0 Å². The standard InChI is InChI=1S/C10H10F3N5/c11-6-4-7(12)9(8(13)5-6)10-15-16-17-18(10)3-1-2-14/h4-5H,1-3,14H2. The molecule has 0 saturated carbocycles. The number of nitrogens with zero attached hydrogens (tertiary/aromatic N) is 4. The first-order valence-corrected chi connectivity index (χ1v) is 5.24. The molecule has 0 unspecified atom stereocenters. The lowest BCUT2D eigenvalue weighted by molar-refractivity contribution is 0.536. The largest absolute Gasteiger partial charge is 0.330 e. The lowest BCUT2D eigenvalue weighted by Gasteiger charge is -2.06. The molecule has 1 heterocycles. The smallest absolute Gasteiger partial charge is 0.187 e. The van der Waals surface area contributed by atoms with E-state index in [1.54, 1.807) is 0 Å². The van der Waals surface area contributed by atoms with Gasteiger partial charge in [0.2, 0.25) is 0 Å². The zero-order valence-corrected chi connectivity index (χ0v) is 9.28. The van der Waals surface area contributed by atoms with Crippen LogP contribution >= 0.6 is 0 Å². The van der Waals surface area contributed by atoms with E-state index in [1.807, 2.05) is 0 Å². The highest BCUT2D eigenvalue weighted by molar-refractivity contribution is 5.56. The lowest BCUT2D eigenvalue weighted by atomic mass is 10.2. The minimum absolute atomic E-state index is 0.0848. The van der Waals surface area contributed by atoms with Crippen LogP contribution in [0.4, 0.5) is 13.2 Å². The fourth-order valence-corrected chi connectivity index (χ4v) is 1.53. The van der Waals surface area contributed by atoms with Crippen LogP contribution in [-0.4, -0.2) is 26.8 Å². The molecule has 18 heavy (non-hydrogen) atoms. The second-order valence-corrected chi connectivity index (χ2v) is 3.61. The molecule has 0 fully saturated rings. The van der Waals surface area contributed by atoms with E-state index in [2.05, 4.69) is 15.5 Å². The molecule has 5 nitrogen and oxygen atoms in total. The number of tetrazole rings is 1. The van der Waals surface area contributed by atoms with E-state index in [0.717, 1.165) is 0 Å². The molecular formula is C10H10F3N5. The molecule has 96 valence electrons. The highest BCUT2D eigenvalue weighted by Gasteiger charge is 2.19. The van der Waals surface area contributed by atoms with Crippen molar-refractivity contribution in [3.05, 3.63) is 29.6 Å². The molecule has 0 bridgehead atoms. The molecule has 0 saturated heterocycles. The first kappa shape index (κ1) is 12.5. The predicted molar refractivity (Wildman–Crippen MR) is 56.8 cm³/mol. The Bertz CT molecular complexity index is 531. The lowest BCUT2D eigenvalue weighted by Crippen LogP contribution is -2.09. The molecule has 2 aromatic rings. The normalized spacial score (nSPS) is 10.9. The van der Waals surface area contributed by atoms with E-state index >= 15 is 0 Å². The number of aryl methyl sites for hydroxylation is 1. The van der Waals surface area contributed by atoms with Crippen LogP contribution in [0.5, 0.6) is 0 Å². The summed E-state index contributed by atoms with van der Waals surface area (Å²) in [4.78, 5) is 0. The monoisotopic (exact) mass is 257 g/mol. The summed E-state index contributed by atoms with van der Waals surface area (Å²) < 4.78 is 41.2. The molecular weight excluding hydrogens is 247 g/mol. The van der Waals surface area contributed by atoms with Crippen molar-refractivity contribution in [2.45, 2.75) is 13.0 Å². The summed E-state index contributed by atoms with van der Waals surface area (Å²) in [7, 11) is 0. The maximum absolute atomic E-state index is 13.6. The minimum Gasteiger partial charge on any atom is -0.330 e. The summed E-state index contributed by atoms with van der Waals surface area (Å²) in [6.07, 6.45) is 0.558. The van der Waals surface area contributed by atoms with Gasteiger partial charge in [-0.3, -0.25) is 0 Å². The Morgan fingerprint density at radius 1 is 1.17 bits per heavy atom. The van der Waals surface area contributed by atoms with E-state index in [0.29, 0.717) is 31.6 Å². The zero-order chi connectivity index (χ0) is 13.1. The third kappa shape index (κ3) is 2.33. The Hall–Kier alpha value is -1.96. The Kier molecular flexibility index (Phi) is 3.56.